The monoisotopic (exact) mass is 500 g/mol. The highest BCUT2D eigenvalue weighted by Crippen LogP contribution is 2.20. The highest BCUT2D eigenvalue weighted by atomic mass is 32.2. The van der Waals surface area contributed by atoms with E-state index in [2.05, 4.69) is 15.6 Å². The van der Waals surface area contributed by atoms with E-state index in [-0.39, 0.29) is 49.7 Å². The molecule has 0 spiro atoms. The molecule has 2 aromatic carbocycles. The number of benzene rings is 2. The Morgan fingerprint density at radius 3 is 2.46 bits per heavy atom. The summed E-state index contributed by atoms with van der Waals surface area (Å²) in [5.41, 5.74) is 2.08. The third-order valence-electron chi connectivity index (χ3n) is 4.78. The third kappa shape index (κ3) is 7.66. The van der Waals surface area contributed by atoms with E-state index in [4.69, 9.17) is 4.74 Å². The number of amides is 2. The van der Waals surface area contributed by atoms with E-state index in [0.29, 0.717) is 22.1 Å². The Bertz CT molecular complexity index is 1170. The molecule has 2 amide bonds. The topological polar surface area (TPSA) is 123 Å². The number of ether oxygens (including phenoxy) is 1. The quantitative estimate of drug-likeness (QED) is 0.273. The predicted octanol–water partition coefficient (Wildman–Crippen LogP) is 2.74. The van der Waals surface area contributed by atoms with Crippen LogP contribution in [0.5, 0.6) is 0 Å². The van der Waals surface area contributed by atoms with E-state index in [1.54, 1.807) is 43.3 Å². The Kier molecular flexibility index (Phi) is 9.39. The smallest absolute Gasteiger partial charge is 0.338 e. The van der Waals surface area contributed by atoms with Gasteiger partial charge in [-0.2, -0.15) is 0 Å². The maximum Gasteiger partial charge on any atom is 0.338 e. The molecule has 0 aliphatic rings. The standard InChI is InChI=1S/C24H25FN4O5S/c1-2-34-23(33)17-5-9-19(10-6-17)28-22(32)15-35-24-27-12-20(14-30)29(24)13-21(31)26-11-16-3-7-18(25)8-4-16/h3-10,12,30H,2,11,13-15H2,1H3,(H,26,31)(H,28,32). The molecule has 0 unspecified atom stereocenters. The van der Waals surface area contributed by atoms with E-state index in [9.17, 15) is 23.9 Å². The lowest BCUT2D eigenvalue weighted by Crippen LogP contribution is -2.28. The van der Waals surface area contributed by atoms with Gasteiger partial charge in [-0.3, -0.25) is 9.59 Å². The molecule has 3 N–H and O–H groups in total. The number of hydrogen-bond acceptors (Lipinski definition) is 7. The highest BCUT2D eigenvalue weighted by Gasteiger charge is 2.15. The van der Waals surface area contributed by atoms with Crippen LogP contribution in [0.25, 0.3) is 0 Å². The van der Waals surface area contributed by atoms with Crippen molar-refractivity contribution in [1.29, 1.82) is 0 Å². The lowest BCUT2D eigenvalue weighted by molar-refractivity contribution is -0.122. The van der Waals surface area contributed by atoms with Gasteiger partial charge in [-0.15, -0.1) is 0 Å². The molecule has 184 valence electrons. The van der Waals surface area contributed by atoms with E-state index in [0.717, 1.165) is 17.3 Å². The van der Waals surface area contributed by atoms with Crippen molar-refractivity contribution in [3.05, 3.63) is 77.4 Å². The number of thioether (sulfide) groups is 1. The van der Waals surface area contributed by atoms with Crippen molar-refractivity contribution < 1.29 is 28.6 Å². The molecule has 0 radical (unpaired) electrons. The SMILES string of the molecule is CCOC(=O)c1ccc(NC(=O)CSc2ncc(CO)n2CC(=O)NCc2ccc(F)cc2)cc1. The zero-order valence-electron chi connectivity index (χ0n) is 19.0. The van der Waals surface area contributed by atoms with Crippen molar-refractivity contribution in [2.75, 3.05) is 17.7 Å². The first-order valence-corrected chi connectivity index (χ1v) is 11.7. The molecule has 0 bridgehead atoms. The van der Waals surface area contributed by atoms with Gasteiger partial charge in [0.15, 0.2) is 5.16 Å². The Balaban J connectivity index is 1.54. The van der Waals surface area contributed by atoms with Crippen molar-refractivity contribution in [2.24, 2.45) is 0 Å². The molecule has 1 aromatic heterocycles. The van der Waals surface area contributed by atoms with E-state index in [1.165, 1.54) is 22.9 Å². The summed E-state index contributed by atoms with van der Waals surface area (Å²) in [6, 6.07) is 12.1. The molecule has 11 heteroatoms. The Labute approximate surface area is 205 Å². The first-order chi connectivity index (χ1) is 16.9. The Morgan fingerprint density at radius 2 is 1.80 bits per heavy atom. The molecule has 0 fully saturated rings. The van der Waals surface area contributed by atoms with Crippen LogP contribution in [0.1, 0.15) is 28.5 Å². The molecule has 3 rings (SSSR count). The Morgan fingerprint density at radius 1 is 1.09 bits per heavy atom. The number of halogens is 1. The van der Waals surface area contributed by atoms with Gasteiger partial charge in [0.25, 0.3) is 0 Å². The number of aliphatic hydroxyl groups excluding tert-OH is 1. The average molecular weight is 501 g/mol. The van der Waals surface area contributed by atoms with E-state index in [1.807, 2.05) is 0 Å². The van der Waals surface area contributed by atoms with Crippen LogP contribution in [0.2, 0.25) is 0 Å². The molecule has 0 aliphatic heterocycles. The minimum absolute atomic E-state index is 0.0126. The van der Waals surface area contributed by atoms with Crippen LogP contribution in [-0.2, 0) is 34.0 Å². The number of nitrogens with one attached hydrogen (secondary N) is 2. The van der Waals surface area contributed by atoms with Crippen LogP contribution in [-0.4, -0.2) is 44.8 Å². The number of hydrogen-bond donors (Lipinski definition) is 3. The summed E-state index contributed by atoms with van der Waals surface area (Å²) in [7, 11) is 0. The van der Waals surface area contributed by atoms with Crippen LogP contribution >= 0.6 is 11.8 Å². The molecule has 0 atom stereocenters. The molecule has 0 aliphatic carbocycles. The summed E-state index contributed by atoms with van der Waals surface area (Å²) >= 11 is 1.12. The van der Waals surface area contributed by atoms with Crippen LogP contribution in [0.15, 0.2) is 59.9 Å². The Hall–Kier alpha value is -3.70. The fraction of sp³-hybridized carbons (Fsp3) is 0.250. The van der Waals surface area contributed by atoms with Gasteiger partial charge in [0.1, 0.15) is 12.4 Å². The molecule has 35 heavy (non-hydrogen) atoms. The lowest BCUT2D eigenvalue weighted by atomic mass is 10.2. The first kappa shape index (κ1) is 25.9. The second-order valence-electron chi connectivity index (χ2n) is 7.31. The maximum absolute atomic E-state index is 13.0. The number of aliphatic hydroxyl groups is 1. The van der Waals surface area contributed by atoms with Crippen LogP contribution < -0.4 is 10.6 Å². The number of carbonyl (C=O) groups is 3. The van der Waals surface area contributed by atoms with E-state index < -0.39 is 5.97 Å². The second kappa shape index (κ2) is 12.7. The molecular weight excluding hydrogens is 475 g/mol. The second-order valence-corrected chi connectivity index (χ2v) is 8.26. The summed E-state index contributed by atoms with van der Waals surface area (Å²) < 4.78 is 19.5. The van der Waals surface area contributed by atoms with Gasteiger partial charge in [-0.1, -0.05) is 23.9 Å². The van der Waals surface area contributed by atoms with E-state index >= 15 is 0 Å². The summed E-state index contributed by atoms with van der Waals surface area (Å²) in [6.07, 6.45) is 1.45. The number of imidazole rings is 1. The fourth-order valence-electron chi connectivity index (χ4n) is 3.04. The molecular formula is C24H25FN4O5S. The van der Waals surface area contributed by atoms with Crippen molar-refractivity contribution in [3.63, 3.8) is 0 Å². The van der Waals surface area contributed by atoms with Crippen molar-refractivity contribution >= 4 is 35.2 Å². The van der Waals surface area contributed by atoms with Gasteiger partial charge >= 0.3 is 5.97 Å². The number of nitrogens with zero attached hydrogens (tertiary/aromatic N) is 2. The zero-order valence-corrected chi connectivity index (χ0v) is 19.8. The molecule has 0 saturated heterocycles. The number of anilines is 1. The summed E-state index contributed by atoms with van der Waals surface area (Å²) in [5, 5.41) is 15.5. The largest absolute Gasteiger partial charge is 0.462 e. The zero-order chi connectivity index (χ0) is 25.2. The van der Waals surface area contributed by atoms with Crippen molar-refractivity contribution in [1.82, 2.24) is 14.9 Å². The van der Waals surface area contributed by atoms with Gasteiger partial charge in [-0.05, 0) is 48.9 Å². The molecule has 3 aromatic rings. The van der Waals surface area contributed by atoms with Gasteiger partial charge in [0, 0.05) is 12.2 Å². The third-order valence-corrected chi connectivity index (χ3v) is 5.77. The van der Waals surface area contributed by atoms with Gasteiger partial charge in [0.2, 0.25) is 11.8 Å². The number of carbonyl (C=O) groups excluding carboxylic acids is 3. The fourth-order valence-corrected chi connectivity index (χ4v) is 3.83. The molecule has 0 saturated carbocycles. The first-order valence-electron chi connectivity index (χ1n) is 10.8. The van der Waals surface area contributed by atoms with Crippen LogP contribution in [0, 0.1) is 5.82 Å². The average Bonchev–Trinajstić information content (AvgIpc) is 3.24. The van der Waals surface area contributed by atoms with Crippen molar-refractivity contribution in [3.8, 4) is 0 Å². The van der Waals surface area contributed by atoms with Crippen molar-refractivity contribution in [2.45, 2.75) is 31.8 Å². The maximum atomic E-state index is 13.0. The minimum Gasteiger partial charge on any atom is -0.462 e. The lowest BCUT2D eigenvalue weighted by Gasteiger charge is -2.11. The number of rotatable bonds is 11. The normalized spacial score (nSPS) is 10.6. The van der Waals surface area contributed by atoms with Crippen LogP contribution in [0.3, 0.4) is 0 Å². The van der Waals surface area contributed by atoms with Gasteiger partial charge < -0.3 is 25.0 Å². The summed E-state index contributed by atoms with van der Waals surface area (Å²) in [4.78, 5) is 40.7. The summed E-state index contributed by atoms with van der Waals surface area (Å²) in [5.74, 6) is -1.41. The summed E-state index contributed by atoms with van der Waals surface area (Å²) in [6.45, 7) is 1.80. The number of aromatic nitrogens is 2. The van der Waals surface area contributed by atoms with Crippen LogP contribution in [0.4, 0.5) is 10.1 Å². The highest BCUT2D eigenvalue weighted by molar-refractivity contribution is 7.99. The van der Waals surface area contributed by atoms with Gasteiger partial charge in [0.05, 0.1) is 36.4 Å². The van der Waals surface area contributed by atoms with Gasteiger partial charge in [-0.25, -0.2) is 14.2 Å². The minimum atomic E-state index is -0.436. The molecule has 1 heterocycles. The number of esters is 1. The predicted molar refractivity (Wildman–Crippen MR) is 128 cm³/mol. The molecule has 9 nitrogen and oxygen atoms in total.